The van der Waals surface area contributed by atoms with Crippen molar-refractivity contribution in [1.29, 1.82) is 0 Å². The highest BCUT2D eigenvalue weighted by Crippen LogP contribution is 2.28. The van der Waals surface area contributed by atoms with E-state index in [0.717, 1.165) is 11.9 Å². The first kappa shape index (κ1) is 24.9. The molecule has 1 fully saturated rings. The fourth-order valence-corrected chi connectivity index (χ4v) is 5.56. The van der Waals surface area contributed by atoms with Crippen molar-refractivity contribution in [2.45, 2.75) is 13.0 Å². The fraction of sp³-hybridized carbons (Fsp3) is 0.269. The fourth-order valence-electron chi connectivity index (χ4n) is 4.21. The molecule has 7 nitrogen and oxygen atoms in total. The number of benzene rings is 3. The summed E-state index contributed by atoms with van der Waals surface area (Å²) in [5, 5.41) is 0.665. The molecule has 9 heteroatoms. The van der Waals surface area contributed by atoms with Crippen molar-refractivity contribution in [3.05, 3.63) is 83.9 Å². The second-order valence-electron chi connectivity index (χ2n) is 8.44. The molecule has 0 aromatic heterocycles. The maximum atomic E-state index is 13.3. The normalized spacial score (nSPS) is 14.9. The SMILES string of the molecule is C[C@H](C(=O)N1CCN(c2cccc(Cl)c2)CC1)N(c1ccc(Oc2ccccc2)cc1)S(C)(=O)=O. The van der Waals surface area contributed by atoms with Crippen molar-refractivity contribution in [3.8, 4) is 11.5 Å². The van der Waals surface area contributed by atoms with Crippen LogP contribution in [0.3, 0.4) is 0 Å². The molecule has 3 aromatic rings. The number of para-hydroxylation sites is 1. The summed E-state index contributed by atoms with van der Waals surface area (Å²) < 4.78 is 32.4. The molecule has 0 N–H and O–H groups in total. The minimum atomic E-state index is -3.71. The third kappa shape index (κ3) is 6.07. The number of carbonyl (C=O) groups is 1. The van der Waals surface area contributed by atoms with Crippen LogP contribution in [0.2, 0.25) is 5.02 Å². The van der Waals surface area contributed by atoms with E-state index in [4.69, 9.17) is 16.3 Å². The summed E-state index contributed by atoms with van der Waals surface area (Å²) >= 11 is 6.11. The monoisotopic (exact) mass is 513 g/mol. The highest BCUT2D eigenvalue weighted by atomic mass is 35.5. The molecule has 0 unspecified atom stereocenters. The Morgan fingerprint density at radius 2 is 1.54 bits per heavy atom. The van der Waals surface area contributed by atoms with Crippen molar-refractivity contribution in [3.63, 3.8) is 0 Å². The molecule has 1 aliphatic rings. The van der Waals surface area contributed by atoms with E-state index in [2.05, 4.69) is 4.90 Å². The van der Waals surface area contributed by atoms with Crippen molar-refractivity contribution in [2.75, 3.05) is 41.6 Å². The predicted octanol–water partition coefficient (Wildman–Crippen LogP) is 4.64. The van der Waals surface area contributed by atoms with Gasteiger partial charge in [0.25, 0.3) is 0 Å². The largest absolute Gasteiger partial charge is 0.457 e. The van der Waals surface area contributed by atoms with E-state index in [1.165, 1.54) is 4.31 Å². The number of hydrogen-bond donors (Lipinski definition) is 0. The van der Waals surface area contributed by atoms with Crippen LogP contribution in [-0.2, 0) is 14.8 Å². The van der Waals surface area contributed by atoms with Gasteiger partial charge in [0.1, 0.15) is 17.5 Å². The third-order valence-electron chi connectivity index (χ3n) is 5.90. The average Bonchev–Trinajstić information content (AvgIpc) is 2.85. The highest BCUT2D eigenvalue weighted by molar-refractivity contribution is 7.92. The molecule has 0 aliphatic carbocycles. The molecule has 0 radical (unpaired) electrons. The smallest absolute Gasteiger partial charge is 0.246 e. The zero-order valence-corrected chi connectivity index (χ0v) is 21.2. The number of hydrogen-bond acceptors (Lipinski definition) is 5. The first-order valence-electron chi connectivity index (χ1n) is 11.3. The Kier molecular flexibility index (Phi) is 7.52. The summed E-state index contributed by atoms with van der Waals surface area (Å²) in [4.78, 5) is 17.2. The zero-order valence-electron chi connectivity index (χ0n) is 19.7. The topological polar surface area (TPSA) is 70.2 Å². The number of anilines is 2. The molecule has 1 atom stereocenters. The number of rotatable bonds is 7. The van der Waals surface area contributed by atoms with E-state index in [0.29, 0.717) is 48.4 Å². The molecule has 1 aliphatic heterocycles. The van der Waals surface area contributed by atoms with Gasteiger partial charge in [-0.15, -0.1) is 0 Å². The molecule has 184 valence electrons. The van der Waals surface area contributed by atoms with E-state index >= 15 is 0 Å². The van der Waals surface area contributed by atoms with Crippen LogP contribution in [0.1, 0.15) is 6.92 Å². The maximum absolute atomic E-state index is 13.3. The molecule has 0 bridgehead atoms. The van der Waals surface area contributed by atoms with E-state index in [9.17, 15) is 13.2 Å². The number of ether oxygens (including phenoxy) is 1. The molecule has 1 saturated heterocycles. The van der Waals surface area contributed by atoms with Gasteiger partial charge in [-0.25, -0.2) is 8.42 Å². The lowest BCUT2D eigenvalue weighted by atomic mass is 10.2. The zero-order chi connectivity index (χ0) is 25.0. The molecular formula is C26H28ClN3O4S. The quantitative estimate of drug-likeness (QED) is 0.460. The summed E-state index contributed by atoms with van der Waals surface area (Å²) in [6.45, 7) is 3.90. The van der Waals surface area contributed by atoms with Crippen LogP contribution in [0.15, 0.2) is 78.9 Å². The molecule has 1 heterocycles. The molecule has 0 spiro atoms. The Bertz CT molecular complexity index is 1260. The average molecular weight is 514 g/mol. The van der Waals surface area contributed by atoms with Gasteiger partial charge in [-0.05, 0) is 61.5 Å². The number of carbonyl (C=O) groups excluding carboxylic acids is 1. The molecule has 0 saturated carbocycles. The van der Waals surface area contributed by atoms with Crippen LogP contribution in [-0.4, -0.2) is 57.7 Å². The van der Waals surface area contributed by atoms with Crippen LogP contribution in [0.5, 0.6) is 11.5 Å². The van der Waals surface area contributed by atoms with Gasteiger partial charge in [0.2, 0.25) is 15.9 Å². The lowest BCUT2D eigenvalue weighted by molar-refractivity contribution is -0.132. The second-order valence-corrected chi connectivity index (χ2v) is 10.7. The highest BCUT2D eigenvalue weighted by Gasteiger charge is 2.33. The number of piperazine rings is 1. The Hall–Kier alpha value is -3.23. The van der Waals surface area contributed by atoms with Gasteiger partial charge in [0, 0.05) is 36.9 Å². The van der Waals surface area contributed by atoms with Crippen molar-refractivity contribution < 1.29 is 17.9 Å². The van der Waals surface area contributed by atoms with Gasteiger partial charge in [-0.3, -0.25) is 9.10 Å². The second kappa shape index (κ2) is 10.6. The third-order valence-corrected chi connectivity index (χ3v) is 7.38. The van der Waals surface area contributed by atoms with Gasteiger partial charge in [-0.1, -0.05) is 35.9 Å². The van der Waals surface area contributed by atoms with Gasteiger partial charge in [0.15, 0.2) is 0 Å². The molecular weight excluding hydrogens is 486 g/mol. The Morgan fingerprint density at radius 1 is 0.914 bits per heavy atom. The first-order chi connectivity index (χ1) is 16.7. The summed E-state index contributed by atoms with van der Waals surface area (Å²) in [6, 6.07) is 22.7. The predicted molar refractivity (Wildman–Crippen MR) is 140 cm³/mol. The maximum Gasteiger partial charge on any atom is 0.246 e. The lowest BCUT2D eigenvalue weighted by Gasteiger charge is -2.39. The Morgan fingerprint density at radius 3 is 2.14 bits per heavy atom. The molecule has 1 amide bonds. The molecule has 3 aromatic carbocycles. The summed E-state index contributed by atoms with van der Waals surface area (Å²) in [5.41, 5.74) is 1.42. The van der Waals surface area contributed by atoms with Crippen molar-refractivity contribution in [2.24, 2.45) is 0 Å². The Balaban J connectivity index is 1.45. The van der Waals surface area contributed by atoms with Gasteiger partial charge in [-0.2, -0.15) is 0 Å². The first-order valence-corrected chi connectivity index (χ1v) is 13.6. The minimum Gasteiger partial charge on any atom is -0.457 e. The Labute approximate surface area is 211 Å². The van der Waals surface area contributed by atoms with Crippen LogP contribution in [0.25, 0.3) is 0 Å². The van der Waals surface area contributed by atoms with Gasteiger partial charge in [0.05, 0.1) is 11.9 Å². The van der Waals surface area contributed by atoms with Gasteiger partial charge < -0.3 is 14.5 Å². The standard InChI is InChI=1S/C26H28ClN3O4S/c1-20(26(31)29-17-15-28(16-18-29)23-8-6-7-21(27)19-23)30(35(2,32)33)22-11-13-25(14-12-22)34-24-9-4-3-5-10-24/h3-14,19-20H,15-18H2,1-2H3/t20-/m1/s1. The summed E-state index contributed by atoms with van der Waals surface area (Å²) in [6.07, 6.45) is 1.11. The molecule has 35 heavy (non-hydrogen) atoms. The number of halogens is 1. The molecule has 4 rings (SSSR count). The van der Waals surface area contributed by atoms with E-state index in [1.54, 1.807) is 36.1 Å². The van der Waals surface area contributed by atoms with Crippen molar-refractivity contribution in [1.82, 2.24) is 4.90 Å². The lowest BCUT2D eigenvalue weighted by Crippen LogP contribution is -2.55. The number of sulfonamides is 1. The van der Waals surface area contributed by atoms with E-state index in [1.807, 2.05) is 54.6 Å². The van der Waals surface area contributed by atoms with E-state index < -0.39 is 16.1 Å². The van der Waals surface area contributed by atoms with Crippen molar-refractivity contribution >= 4 is 38.9 Å². The van der Waals surface area contributed by atoms with Crippen LogP contribution in [0.4, 0.5) is 11.4 Å². The van der Waals surface area contributed by atoms with Crippen LogP contribution >= 0.6 is 11.6 Å². The van der Waals surface area contributed by atoms with Gasteiger partial charge >= 0.3 is 0 Å². The van der Waals surface area contributed by atoms with Crippen LogP contribution in [0, 0.1) is 0 Å². The summed E-state index contributed by atoms with van der Waals surface area (Å²) in [5.74, 6) is 1.02. The minimum absolute atomic E-state index is 0.231. The summed E-state index contributed by atoms with van der Waals surface area (Å²) in [7, 11) is -3.71. The number of nitrogens with zero attached hydrogens (tertiary/aromatic N) is 3. The van der Waals surface area contributed by atoms with Crippen LogP contribution < -0.4 is 13.9 Å². The number of amides is 1. The van der Waals surface area contributed by atoms with E-state index in [-0.39, 0.29) is 5.91 Å².